The number of hydrogen-bond donors (Lipinski definition) is 0. The van der Waals surface area contributed by atoms with Crippen molar-refractivity contribution in [3.8, 4) is 17.1 Å². The molecule has 0 spiro atoms. The van der Waals surface area contributed by atoms with Crippen LogP contribution in [-0.4, -0.2) is 14.8 Å². The fourth-order valence-electron chi connectivity index (χ4n) is 2.30. The van der Waals surface area contributed by atoms with Crippen LogP contribution < -0.4 is 0 Å². The van der Waals surface area contributed by atoms with Crippen LogP contribution in [0.15, 0.2) is 54.6 Å². The molecule has 0 saturated heterocycles. The average molecular weight is 469 g/mol. The molecule has 2 aromatic carbocycles. The Labute approximate surface area is 144 Å². The summed E-state index contributed by atoms with van der Waals surface area (Å²) in [6.45, 7) is 6.44. The minimum absolute atomic E-state index is 0. The SMILES string of the molecule is CC(C)(C)c1nnc(-c2[c-]cccc2)n1-c1ccccc1.[Ir]. The summed E-state index contributed by atoms with van der Waals surface area (Å²) in [5.74, 6) is 1.77. The Bertz CT molecular complexity index is 728. The first-order valence-corrected chi connectivity index (χ1v) is 7.06. The smallest absolute Gasteiger partial charge is 0.133 e. The molecule has 1 radical (unpaired) electrons. The van der Waals surface area contributed by atoms with Crippen LogP contribution in [0.2, 0.25) is 0 Å². The van der Waals surface area contributed by atoms with Crippen LogP contribution >= 0.6 is 0 Å². The van der Waals surface area contributed by atoms with Crippen molar-refractivity contribution in [2.75, 3.05) is 0 Å². The van der Waals surface area contributed by atoms with Gasteiger partial charge in [0.25, 0.3) is 0 Å². The van der Waals surface area contributed by atoms with Crippen molar-refractivity contribution >= 4 is 0 Å². The standard InChI is InChI=1S/C18H18N3.Ir/c1-18(2,3)17-20-19-16(14-10-6-4-7-11-14)21(17)15-12-8-5-9-13-15;/h4-10,12-13H,1-3H3;/q-1;. The number of aromatic nitrogens is 3. The van der Waals surface area contributed by atoms with Crippen molar-refractivity contribution in [3.05, 3.63) is 66.5 Å². The van der Waals surface area contributed by atoms with Gasteiger partial charge >= 0.3 is 0 Å². The van der Waals surface area contributed by atoms with Crippen LogP contribution in [0.25, 0.3) is 17.1 Å². The summed E-state index contributed by atoms with van der Waals surface area (Å²) >= 11 is 0. The fourth-order valence-corrected chi connectivity index (χ4v) is 2.30. The summed E-state index contributed by atoms with van der Waals surface area (Å²) in [4.78, 5) is 0. The number of benzene rings is 2. The van der Waals surface area contributed by atoms with Gasteiger partial charge < -0.3 is 4.57 Å². The zero-order valence-electron chi connectivity index (χ0n) is 12.9. The van der Waals surface area contributed by atoms with E-state index in [2.05, 4.69) is 53.7 Å². The van der Waals surface area contributed by atoms with Crippen LogP contribution in [0.1, 0.15) is 26.6 Å². The van der Waals surface area contributed by atoms with E-state index in [1.807, 2.05) is 42.5 Å². The van der Waals surface area contributed by atoms with Crippen LogP contribution in [-0.2, 0) is 25.5 Å². The van der Waals surface area contributed by atoms with E-state index in [0.717, 1.165) is 22.9 Å². The van der Waals surface area contributed by atoms with Crippen LogP contribution in [0.5, 0.6) is 0 Å². The number of nitrogens with zero attached hydrogens (tertiary/aromatic N) is 3. The van der Waals surface area contributed by atoms with E-state index < -0.39 is 0 Å². The number of hydrogen-bond acceptors (Lipinski definition) is 2. The van der Waals surface area contributed by atoms with Gasteiger partial charge in [-0.25, -0.2) is 0 Å². The summed E-state index contributed by atoms with van der Waals surface area (Å²) in [6, 6.07) is 21.3. The van der Waals surface area contributed by atoms with Crippen molar-refractivity contribution in [3.63, 3.8) is 0 Å². The van der Waals surface area contributed by atoms with E-state index in [0.29, 0.717) is 0 Å². The van der Waals surface area contributed by atoms with E-state index in [1.54, 1.807) is 0 Å². The van der Waals surface area contributed by atoms with Gasteiger partial charge in [0.15, 0.2) is 0 Å². The molecule has 3 rings (SSSR count). The Morgan fingerprint density at radius 2 is 1.59 bits per heavy atom. The minimum Gasteiger partial charge on any atom is -0.320 e. The molecule has 4 heteroatoms. The molecule has 0 bridgehead atoms. The van der Waals surface area contributed by atoms with E-state index in [4.69, 9.17) is 0 Å². The Morgan fingerprint density at radius 1 is 0.909 bits per heavy atom. The van der Waals surface area contributed by atoms with Crippen LogP contribution in [0.4, 0.5) is 0 Å². The monoisotopic (exact) mass is 469 g/mol. The van der Waals surface area contributed by atoms with Crippen molar-refractivity contribution in [1.82, 2.24) is 14.8 Å². The maximum atomic E-state index is 4.43. The molecule has 0 atom stereocenters. The Kier molecular flexibility index (Phi) is 4.94. The maximum absolute atomic E-state index is 4.43. The summed E-state index contributed by atoms with van der Waals surface area (Å²) in [5.41, 5.74) is 1.93. The second kappa shape index (κ2) is 6.55. The van der Waals surface area contributed by atoms with Crippen LogP contribution in [0.3, 0.4) is 0 Å². The van der Waals surface area contributed by atoms with E-state index in [-0.39, 0.29) is 25.5 Å². The third kappa shape index (κ3) is 3.18. The van der Waals surface area contributed by atoms with Gasteiger partial charge in [-0.1, -0.05) is 39.0 Å². The molecule has 22 heavy (non-hydrogen) atoms. The van der Waals surface area contributed by atoms with E-state index in [9.17, 15) is 0 Å². The summed E-state index contributed by atoms with van der Waals surface area (Å²) in [5, 5.41) is 8.84. The predicted octanol–water partition coefficient (Wildman–Crippen LogP) is 4.03. The summed E-state index contributed by atoms with van der Waals surface area (Å²) < 4.78 is 2.12. The minimum atomic E-state index is -0.0874. The quantitative estimate of drug-likeness (QED) is 0.532. The molecule has 0 N–H and O–H groups in total. The van der Waals surface area contributed by atoms with Gasteiger partial charge in [-0.05, 0) is 12.1 Å². The van der Waals surface area contributed by atoms with Gasteiger partial charge in [-0.15, -0.1) is 41.0 Å². The van der Waals surface area contributed by atoms with Gasteiger partial charge in [0.05, 0.1) is 5.82 Å². The molecule has 0 aliphatic rings. The molecular formula is C18H18IrN3-. The van der Waals surface area contributed by atoms with Gasteiger partial charge in [0.1, 0.15) is 5.82 Å². The van der Waals surface area contributed by atoms with E-state index in [1.165, 1.54) is 0 Å². The molecule has 3 aromatic rings. The van der Waals surface area contributed by atoms with Crippen molar-refractivity contribution < 1.29 is 20.1 Å². The van der Waals surface area contributed by atoms with Crippen molar-refractivity contribution in [2.24, 2.45) is 0 Å². The number of rotatable bonds is 2. The Balaban J connectivity index is 0.00000176. The van der Waals surface area contributed by atoms with Gasteiger partial charge in [-0.2, -0.15) is 5.10 Å². The predicted molar refractivity (Wildman–Crippen MR) is 84.3 cm³/mol. The molecule has 0 aliphatic carbocycles. The molecule has 1 aromatic heterocycles. The Morgan fingerprint density at radius 3 is 2.18 bits per heavy atom. The number of para-hydroxylation sites is 1. The average Bonchev–Trinajstić information content (AvgIpc) is 2.94. The van der Waals surface area contributed by atoms with Crippen molar-refractivity contribution in [2.45, 2.75) is 26.2 Å². The normalized spacial score (nSPS) is 11.0. The molecule has 3 nitrogen and oxygen atoms in total. The first kappa shape index (κ1) is 16.6. The molecule has 115 valence electrons. The van der Waals surface area contributed by atoms with E-state index >= 15 is 0 Å². The third-order valence-electron chi connectivity index (χ3n) is 3.30. The molecule has 1 heterocycles. The first-order chi connectivity index (χ1) is 10.1. The molecule has 0 aliphatic heterocycles. The molecule has 0 unspecified atom stereocenters. The van der Waals surface area contributed by atoms with Gasteiger partial charge in [-0.3, -0.25) is 0 Å². The van der Waals surface area contributed by atoms with Crippen LogP contribution in [0, 0.1) is 6.07 Å². The zero-order valence-corrected chi connectivity index (χ0v) is 15.3. The largest absolute Gasteiger partial charge is 0.320 e. The summed E-state index contributed by atoms with van der Waals surface area (Å²) in [7, 11) is 0. The topological polar surface area (TPSA) is 30.7 Å². The first-order valence-electron chi connectivity index (χ1n) is 7.06. The van der Waals surface area contributed by atoms with Gasteiger partial charge in [0, 0.05) is 31.2 Å². The maximum Gasteiger partial charge on any atom is 0.133 e. The molecule has 0 amide bonds. The summed E-state index contributed by atoms with van der Waals surface area (Å²) in [6.07, 6.45) is 0. The molecule has 0 saturated carbocycles. The second-order valence-electron chi connectivity index (χ2n) is 6.04. The fraction of sp³-hybridized carbons (Fsp3) is 0.222. The van der Waals surface area contributed by atoms with Gasteiger partial charge in [0.2, 0.25) is 0 Å². The second-order valence-corrected chi connectivity index (χ2v) is 6.04. The van der Waals surface area contributed by atoms with Crippen molar-refractivity contribution in [1.29, 1.82) is 0 Å². The zero-order chi connectivity index (χ0) is 14.9. The molecular weight excluding hydrogens is 450 g/mol. The third-order valence-corrected chi connectivity index (χ3v) is 3.30. The Hall–Kier alpha value is -1.77. The molecule has 0 fully saturated rings.